The summed E-state index contributed by atoms with van der Waals surface area (Å²) in [7, 11) is 3.09. The number of methoxy groups -OCH3 is 2. The molecule has 2 aromatic carbocycles. The lowest BCUT2D eigenvalue weighted by Crippen LogP contribution is -2.28. The maximum Gasteiger partial charge on any atom is 0.331 e. The normalized spacial score (nSPS) is 13.3. The molecule has 0 bridgehead atoms. The molecule has 1 aliphatic heterocycles. The number of carbonyl (C=O) groups excluding carboxylic acids is 2. The third-order valence-corrected chi connectivity index (χ3v) is 4.35. The lowest BCUT2D eigenvalue weighted by atomic mass is 10.1. The minimum absolute atomic E-state index is 0.358. The van der Waals surface area contributed by atoms with Crippen LogP contribution in [-0.2, 0) is 14.3 Å². The van der Waals surface area contributed by atoms with Gasteiger partial charge in [0.15, 0.2) is 18.1 Å². The number of benzene rings is 2. The minimum Gasteiger partial charge on any atom is -0.493 e. The fraction of sp³-hybridized carbons (Fsp3) is 0.227. The number of esters is 1. The Morgan fingerprint density at radius 3 is 2.55 bits per heavy atom. The van der Waals surface area contributed by atoms with Crippen LogP contribution in [0, 0.1) is 0 Å². The number of nitrogens with zero attached hydrogens (tertiary/aromatic N) is 2. The monoisotopic (exact) mass is 394 g/mol. The highest BCUT2D eigenvalue weighted by Crippen LogP contribution is 2.27. The van der Waals surface area contributed by atoms with Gasteiger partial charge in [-0.1, -0.05) is 36.4 Å². The first-order chi connectivity index (χ1) is 14.1. The second kappa shape index (κ2) is 9.54. The van der Waals surface area contributed by atoms with E-state index in [9.17, 15) is 9.59 Å². The maximum atomic E-state index is 12.2. The average Bonchev–Trinajstić information content (AvgIpc) is 3.27. The van der Waals surface area contributed by atoms with Crippen LogP contribution < -0.4 is 9.47 Å². The van der Waals surface area contributed by atoms with E-state index in [2.05, 4.69) is 5.10 Å². The van der Waals surface area contributed by atoms with E-state index in [1.807, 2.05) is 30.3 Å². The molecule has 7 nitrogen and oxygen atoms in total. The zero-order chi connectivity index (χ0) is 20.6. The standard InChI is InChI=1S/C22H22N2O5/c1-27-19-10-8-16(14-20(19)28-2)9-11-22(26)29-15-21(25)24-13-12-18(23-24)17-6-4-3-5-7-17/h3-11,14H,12-13,15H2,1-2H3/b11-9+. The molecule has 0 atom stereocenters. The summed E-state index contributed by atoms with van der Waals surface area (Å²) in [5.41, 5.74) is 2.57. The zero-order valence-electron chi connectivity index (χ0n) is 16.3. The van der Waals surface area contributed by atoms with Gasteiger partial charge in [0, 0.05) is 12.5 Å². The number of hydrogen-bond acceptors (Lipinski definition) is 6. The first kappa shape index (κ1) is 20.1. The molecule has 0 saturated carbocycles. The number of hydrazone groups is 1. The lowest BCUT2D eigenvalue weighted by Gasteiger charge is -2.10. The van der Waals surface area contributed by atoms with E-state index in [4.69, 9.17) is 14.2 Å². The topological polar surface area (TPSA) is 77.4 Å². The molecule has 0 radical (unpaired) electrons. The van der Waals surface area contributed by atoms with Crippen molar-refractivity contribution in [2.24, 2.45) is 5.10 Å². The Morgan fingerprint density at radius 2 is 1.83 bits per heavy atom. The minimum atomic E-state index is -0.611. The van der Waals surface area contributed by atoms with E-state index >= 15 is 0 Å². The van der Waals surface area contributed by atoms with Crippen molar-refractivity contribution in [2.75, 3.05) is 27.4 Å². The van der Waals surface area contributed by atoms with E-state index in [0.29, 0.717) is 24.5 Å². The highest BCUT2D eigenvalue weighted by molar-refractivity contribution is 6.02. The molecule has 29 heavy (non-hydrogen) atoms. The smallest absolute Gasteiger partial charge is 0.331 e. The van der Waals surface area contributed by atoms with Gasteiger partial charge >= 0.3 is 5.97 Å². The summed E-state index contributed by atoms with van der Waals surface area (Å²) in [5, 5.41) is 5.67. The van der Waals surface area contributed by atoms with E-state index < -0.39 is 5.97 Å². The highest BCUT2D eigenvalue weighted by Gasteiger charge is 2.22. The van der Waals surface area contributed by atoms with Crippen molar-refractivity contribution in [3.05, 3.63) is 65.7 Å². The molecule has 150 valence electrons. The summed E-state index contributed by atoms with van der Waals surface area (Å²) in [4.78, 5) is 24.2. The van der Waals surface area contributed by atoms with Crippen molar-refractivity contribution in [2.45, 2.75) is 6.42 Å². The predicted molar refractivity (Wildman–Crippen MR) is 109 cm³/mol. The van der Waals surface area contributed by atoms with Crippen molar-refractivity contribution >= 4 is 23.7 Å². The molecular formula is C22H22N2O5. The molecule has 7 heteroatoms. The highest BCUT2D eigenvalue weighted by atomic mass is 16.5. The molecular weight excluding hydrogens is 372 g/mol. The first-order valence-electron chi connectivity index (χ1n) is 9.11. The summed E-state index contributed by atoms with van der Waals surface area (Å²) in [6, 6.07) is 14.9. The molecule has 1 amide bonds. The summed E-state index contributed by atoms with van der Waals surface area (Å²) in [6.07, 6.45) is 3.51. The van der Waals surface area contributed by atoms with Crippen LogP contribution in [0.15, 0.2) is 59.7 Å². The molecule has 0 aliphatic carbocycles. The second-order valence-corrected chi connectivity index (χ2v) is 6.24. The van der Waals surface area contributed by atoms with Gasteiger partial charge in [-0.2, -0.15) is 5.10 Å². The number of amides is 1. The Balaban J connectivity index is 1.52. The Morgan fingerprint density at radius 1 is 1.07 bits per heavy atom. The van der Waals surface area contributed by atoms with Gasteiger partial charge in [-0.15, -0.1) is 0 Å². The summed E-state index contributed by atoms with van der Waals surface area (Å²) >= 11 is 0. The Hall–Kier alpha value is -3.61. The summed E-state index contributed by atoms with van der Waals surface area (Å²) < 4.78 is 15.4. The van der Waals surface area contributed by atoms with Crippen LogP contribution in [0.5, 0.6) is 11.5 Å². The first-order valence-corrected chi connectivity index (χ1v) is 9.11. The summed E-state index contributed by atoms with van der Waals surface area (Å²) in [6.45, 7) is 0.114. The molecule has 0 saturated heterocycles. The van der Waals surface area contributed by atoms with E-state index in [0.717, 1.165) is 16.8 Å². The third kappa shape index (κ3) is 5.22. The molecule has 3 rings (SSSR count). The van der Waals surface area contributed by atoms with Crippen LogP contribution in [0.25, 0.3) is 6.08 Å². The predicted octanol–water partition coefficient (Wildman–Crippen LogP) is 2.90. The molecule has 2 aromatic rings. The average molecular weight is 394 g/mol. The van der Waals surface area contributed by atoms with Gasteiger partial charge in [-0.25, -0.2) is 9.80 Å². The molecule has 0 fully saturated rings. The van der Waals surface area contributed by atoms with Gasteiger partial charge in [-0.3, -0.25) is 4.79 Å². The largest absolute Gasteiger partial charge is 0.493 e. The van der Waals surface area contributed by atoms with Gasteiger partial charge in [0.05, 0.1) is 26.5 Å². The van der Waals surface area contributed by atoms with Crippen molar-refractivity contribution < 1.29 is 23.8 Å². The molecule has 0 spiro atoms. The molecule has 0 aromatic heterocycles. The molecule has 1 aliphatic rings. The van der Waals surface area contributed by atoms with Crippen molar-refractivity contribution in [3.63, 3.8) is 0 Å². The van der Waals surface area contributed by atoms with E-state index in [-0.39, 0.29) is 12.5 Å². The van der Waals surface area contributed by atoms with Gasteiger partial charge in [0.2, 0.25) is 0 Å². The Kier molecular flexibility index (Phi) is 6.63. The lowest BCUT2D eigenvalue weighted by molar-refractivity contribution is -0.147. The van der Waals surface area contributed by atoms with Crippen molar-refractivity contribution in [1.82, 2.24) is 5.01 Å². The van der Waals surface area contributed by atoms with Crippen LogP contribution in [0.4, 0.5) is 0 Å². The van der Waals surface area contributed by atoms with E-state index in [1.54, 1.807) is 31.4 Å². The molecule has 0 N–H and O–H groups in total. The van der Waals surface area contributed by atoms with Crippen LogP contribution in [0.1, 0.15) is 17.5 Å². The van der Waals surface area contributed by atoms with Crippen LogP contribution in [0.3, 0.4) is 0 Å². The van der Waals surface area contributed by atoms with Crippen LogP contribution in [-0.4, -0.2) is 50.0 Å². The van der Waals surface area contributed by atoms with Crippen molar-refractivity contribution in [3.8, 4) is 11.5 Å². The van der Waals surface area contributed by atoms with Gasteiger partial charge < -0.3 is 14.2 Å². The van der Waals surface area contributed by atoms with Gasteiger partial charge in [-0.05, 0) is 29.3 Å². The van der Waals surface area contributed by atoms with Crippen LogP contribution in [0.2, 0.25) is 0 Å². The fourth-order valence-electron chi connectivity index (χ4n) is 2.85. The quantitative estimate of drug-likeness (QED) is 0.533. The maximum absolute atomic E-state index is 12.2. The third-order valence-electron chi connectivity index (χ3n) is 4.35. The SMILES string of the molecule is COc1ccc(/C=C/C(=O)OCC(=O)N2CCC(c3ccccc3)=N2)cc1OC. The zero-order valence-corrected chi connectivity index (χ0v) is 16.3. The molecule has 0 unspecified atom stereocenters. The number of hydrogen-bond donors (Lipinski definition) is 0. The van der Waals surface area contributed by atoms with E-state index in [1.165, 1.54) is 18.2 Å². The fourth-order valence-corrected chi connectivity index (χ4v) is 2.85. The molecule has 1 heterocycles. The Bertz CT molecular complexity index is 937. The second-order valence-electron chi connectivity index (χ2n) is 6.24. The van der Waals surface area contributed by atoms with Crippen molar-refractivity contribution in [1.29, 1.82) is 0 Å². The van der Waals surface area contributed by atoms with Gasteiger partial charge in [0.1, 0.15) is 0 Å². The van der Waals surface area contributed by atoms with Gasteiger partial charge in [0.25, 0.3) is 5.91 Å². The summed E-state index contributed by atoms with van der Waals surface area (Å²) in [5.74, 6) is 0.182. The Labute approximate surface area is 169 Å². The number of carbonyl (C=O) groups is 2. The number of rotatable bonds is 7. The number of ether oxygens (including phenoxy) is 3. The van der Waals surface area contributed by atoms with Crippen LogP contribution >= 0.6 is 0 Å².